The first-order chi connectivity index (χ1) is 10.4. The van der Waals surface area contributed by atoms with Crippen molar-refractivity contribution in [1.82, 2.24) is 10.3 Å². The lowest BCUT2D eigenvalue weighted by Crippen LogP contribution is -2.52. The van der Waals surface area contributed by atoms with Gasteiger partial charge in [0.15, 0.2) is 0 Å². The summed E-state index contributed by atoms with van der Waals surface area (Å²) in [7, 11) is 0. The highest BCUT2D eigenvalue weighted by atomic mass is 16.6. The van der Waals surface area contributed by atoms with Crippen LogP contribution in [0, 0.1) is 0 Å². The molecular formula is C16H31N3O4. The Morgan fingerprint density at radius 3 is 2.13 bits per heavy atom. The van der Waals surface area contributed by atoms with Gasteiger partial charge in [0.05, 0.1) is 6.04 Å². The van der Waals surface area contributed by atoms with Crippen molar-refractivity contribution in [1.29, 1.82) is 0 Å². The Kier molecular flexibility index (Phi) is 6.27. The average molecular weight is 329 g/mol. The van der Waals surface area contributed by atoms with Crippen LogP contribution in [0.25, 0.3) is 0 Å². The molecule has 1 rings (SSSR count). The zero-order valence-corrected chi connectivity index (χ0v) is 15.1. The van der Waals surface area contributed by atoms with E-state index in [1.54, 1.807) is 20.8 Å². The van der Waals surface area contributed by atoms with Gasteiger partial charge in [-0.15, -0.1) is 0 Å². The van der Waals surface area contributed by atoms with Crippen molar-refractivity contribution in [3.63, 3.8) is 0 Å². The molecule has 0 aromatic rings. The minimum atomic E-state index is -0.586. The molecule has 0 heterocycles. The maximum atomic E-state index is 12.0. The number of hydrazine groups is 1. The topological polar surface area (TPSA) is 93.9 Å². The Hall–Kier alpha value is -1.50. The molecule has 0 aromatic carbocycles. The third-order valence-electron chi connectivity index (χ3n) is 3.37. The van der Waals surface area contributed by atoms with Crippen LogP contribution in [0.4, 0.5) is 9.59 Å². The highest BCUT2D eigenvalue weighted by Gasteiger charge is 2.32. The molecule has 134 valence electrons. The van der Waals surface area contributed by atoms with E-state index >= 15 is 0 Å². The van der Waals surface area contributed by atoms with Crippen molar-refractivity contribution in [3.8, 4) is 0 Å². The maximum Gasteiger partial charge on any atom is 0.424 e. The summed E-state index contributed by atoms with van der Waals surface area (Å²) in [6, 6.07) is -0.212. The summed E-state index contributed by atoms with van der Waals surface area (Å²) in [4.78, 5) is 23.9. The normalized spacial score (nSPS) is 22.2. The number of nitrogens with two attached hydrogens (primary N) is 1. The summed E-state index contributed by atoms with van der Waals surface area (Å²) in [6.45, 7) is 10.9. The van der Waals surface area contributed by atoms with E-state index in [0.717, 1.165) is 24.3 Å². The fourth-order valence-electron chi connectivity index (χ4n) is 2.49. The van der Waals surface area contributed by atoms with Gasteiger partial charge in [-0.05, 0) is 67.2 Å². The standard InChI is InChI=1S/C16H31N3O4/c1-15(2,3)22-13(20)18-11-8-7-9-12(10-11)19(17)14(21)23-16(4,5)6/h11-12H,7-10,17H2,1-6H3,(H,18,20)/t11?,12-/m1/s1. The number of carbonyl (C=O) groups excluding carboxylic acids is 2. The van der Waals surface area contributed by atoms with Gasteiger partial charge in [0.1, 0.15) is 11.2 Å². The molecule has 0 aliphatic heterocycles. The van der Waals surface area contributed by atoms with Gasteiger partial charge < -0.3 is 14.8 Å². The monoisotopic (exact) mass is 329 g/mol. The van der Waals surface area contributed by atoms with Crippen LogP contribution in [0.2, 0.25) is 0 Å². The number of carbonyl (C=O) groups is 2. The first kappa shape index (κ1) is 19.5. The maximum absolute atomic E-state index is 12.0. The zero-order chi connectivity index (χ0) is 17.8. The molecule has 0 spiro atoms. The summed E-state index contributed by atoms with van der Waals surface area (Å²) in [5, 5.41) is 4.00. The molecule has 23 heavy (non-hydrogen) atoms. The van der Waals surface area contributed by atoms with E-state index in [0.29, 0.717) is 6.42 Å². The fourth-order valence-corrected chi connectivity index (χ4v) is 2.49. The molecule has 2 amide bonds. The quantitative estimate of drug-likeness (QED) is 0.461. The van der Waals surface area contributed by atoms with E-state index in [-0.39, 0.29) is 12.1 Å². The molecular weight excluding hydrogens is 298 g/mol. The van der Waals surface area contributed by atoms with Gasteiger partial charge in [-0.3, -0.25) is 0 Å². The Labute approximate surface area is 138 Å². The number of alkyl carbamates (subject to hydrolysis) is 1. The fraction of sp³-hybridized carbons (Fsp3) is 0.875. The summed E-state index contributed by atoms with van der Waals surface area (Å²) < 4.78 is 10.5. The average Bonchev–Trinajstić information content (AvgIpc) is 2.33. The minimum absolute atomic E-state index is 0.0583. The predicted molar refractivity (Wildman–Crippen MR) is 87.7 cm³/mol. The number of nitrogens with zero attached hydrogens (tertiary/aromatic N) is 1. The SMILES string of the molecule is CC(C)(C)OC(=O)NC1CCC[C@@H](N(N)C(=O)OC(C)(C)C)C1. The van der Waals surface area contributed by atoms with Gasteiger partial charge in [0.2, 0.25) is 0 Å². The van der Waals surface area contributed by atoms with Crippen molar-refractivity contribution >= 4 is 12.2 Å². The molecule has 1 unspecified atom stereocenters. The van der Waals surface area contributed by atoms with Gasteiger partial charge in [-0.2, -0.15) is 0 Å². The highest BCUT2D eigenvalue weighted by molar-refractivity contribution is 5.68. The lowest BCUT2D eigenvalue weighted by atomic mass is 9.91. The van der Waals surface area contributed by atoms with Gasteiger partial charge in [0.25, 0.3) is 0 Å². The summed E-state index contributed by atoms with van der Waals surface area (Å²) in [5.74, 6) is 5.91. The molecule has 0 aromatic heterocycles. The largest absolute Gasteiger partial charge is 0.444 e. The number of hydrogen-bond acceptors (Lipinski definition) is 5. The molecule has 1 aliphatic rings. The second kappa shape index (κ2) is 7.38. The van der Waals surface area contributed by atoms with Crippen LogP contribution < -0.4 is 11.2 Å². The van der Waals surface area contributed by atoms with Crippen molar-refractivity contribution < 1.29 is 19.1 Å². The first-order valence-corrected chi connectivity index (χ1v) is 8.14. The number of nitrogens with one attached hydrogen (secondary N) is 1. The number of ether oxygens (including phenoxy) is 2. The minimum Gasteiger partial charge on any atom is -0.444 e. The Morgan fingerprint density at radius 1 is 1.04 bits per heavy atom. The number of amides is 2. The predicted octanol–water partition coefficient (Wildman–Crippen LogP) is 2.93. The summed E-state index contributed by atoms with van der Waals surface area (Å²) >= 11 is 0. The van der Waals surface area contributed by atoms with Crippen LogP contribution >= 0.6 is 0 Å². The van der Waals surface area contributed by atoms with Crippen LogP contribution in [0.15, 0.2) is 0 Å². The van der Waals surface area contributed by atoms with E-state index in [2.05, 4.69) is 5.32 Å². The molecule has 1 aliphatic carbocycles. The van der Waals surface area contributed by atoms with Gasteiger partial charge in [-0.1, -0.05) is 0 Å². The molecule has 2 atom stereocenters. The second-order valence-corrected chi connectivity index (χ2v) is 8.05. The number of rotatable bonds is 2. The summed E-state index contributed by atoms with van der Waals surface area (Å²) in [5.41, 5.74) is -1.12. The molecule has 7 nitrogen and oxygen atoms in total. The number of hydrogen-bond donors (Lipinski definition) is 2. The van der Waals surface area contributed by atoms with Gasteiger partial charge in [0, 0.05) is 6.04 Å². The third-order valence-corrected chi connectivity index (χ3v) is 3.37. The van der Waals surface area contributed by atoms with Gasteiger partial charge in [-0.25, -0.2) is 20.4 Å². The molecule has 7 heteroatoms. The highest BCUT2D eigenvalue weighted by Crippen LogP contribution is 2.23. The van der Waals surface area contributed by atoms with Crippen molar-refractivity contribution in [2.75, 3.05) is 0 Å². The zero-order valence-electron chi connectivity index (χ0n) is 15.1. The lowest BCUT2D eigenvalue weighted by molar-refractivity contribution is 0.00979. The van der Waals surface area contributed by atoms with E-state index in [4.69, 9.17) is 15.3 Å². The van der Waals surface area contributed by atoms with Crippen LogP contribution in [-0.4, -0.2) is 40.5 Å². The van der Waals surface area contributed by atoms with Crippen LogP contribution in [0.1, 0.15) is 67.2 Å². The van der Waals surface area contributed by atoms with Crippen LogP contribution in [0.3, 0.4) is 0 Å². The van der Waals surface area contributed by atoms with Crippen molar-refractivity contribution in [3.05, 3.63) is 0 Å². The molecule has 1 fully saturated rings. The van der Waals surface area contributed by atoms with Crippen LogP contribution in [-0.2, 0) is 9.47 Å². The third kappa shape index (κ3) is 7.54. The Balaban J connectivity index is 2.54. The van der Waals surface area contributed by atoms with E-state index in [1.165, 1.54) is 0 Å². The molecule has 1 saturated carbocycles. The molecule has 0 radical (unpaired) electrons. The van der Waals surface area contributed by atoms with Gasteiger partial charge >= 0.3 is 12.2 Å². The second-order valence-electron chi connectivity index (χ2n) is 8.05. The molecule has 0 saturated heterocycles. The molecule has 0 bridgehead atoms. The van der Waals surface area contributed by atoms with Crippen LogP contribution in [0.5, 0.6) is 0 Å². The van der Waals surface area contributed by atoms with E-state index in [1.807, 2.05) is 20.8 Å². The molecule has 3 N–H and O–H groups in total. The van der Waals surface area contributed by atoms with E-state index < -0.39 is 23.4 Å². The van der Waals surface area contributed by atoms with E-state index in [9.17, 15) is 9.59 Å². The first-order valence-electron chi connectivity index (χ1n) is 8.14. The van der Waals surface area contributed by atoms with Crippen molar-refractivity contribution in [2.24, 2.45) is 5.84 Å². The Bertz CT molecular complexity index is 426. The Morgan fingerprint density at radius 2 is 1.61 bits per heavy atom. The van der Waals surface area contributed by atoms with Crippen molar-refractivity contribution in [2.45, 2.75) is 90.5 Å². The smallest absolute Gasteiger partial charge is 0.424 e. The lowest BCUT2D eigenvalue weighted by Gasteiger charge is -2.35. The summed E-state index contributed by atoms with van der Waals surface area (Å²) in [6.07, 6.45) is 2.13.